The van der Waals surface area contributed by atoms with E-state index >= 15 is 0 Å². The number of hydrogen-bond donors (Lipinski definition) is 1. The third-order valence-electron chi connectivity index (χ3n) is 6.04. The van der Waals surface area contributed by atoms with E-state index < -0.39 is 0 Å². The highest BCUT2D eigenvalue weighted by Crippen LogP contribution is 2.25. The average molecular weight is 440 g/mol. The first kappa shape index (κ1) is 22.5. The summed E-state index contributed by atoms with van der Waals surface area (Å²) in [6, 6.07) is 14.8. The second kappa shape index (κ2) is 10.3. The lowest BCUT2D eigenvalue weighted by atomic mass is 10.1. The van der Waals surface area contributed by atoms with Gasteiger partial charge in [0.1, 0.15) is 17.3 Å². The van der Waals surface area contributed by atoms with Gasteiger partial charge in [-0.3, -0.25) is 14.8 Å². The Balaban J connectivity index is 1.44. The molecular weight excluding hydrogens is 409 g/mol. The molecule has 2 heterocycles. The second-order valence-electron chi connectivity index (χ2n) is 8.23. The van der Waals surface area contributed by atoms with Crippen molar-refractivity contribution >= 4 is 10.9 Å². The van der Waals surface area contributed by atoms with Gasteiger partial charge in [0.15, 0.2) is 0 Å². The molecule has 0 bridgehead atoms. The van der Waals surface area contributed by atoms with Gasteiger partial charge in [0.25, 0.3) is 0 Å². The number of ether oxygens (including phenoxy) is 2. The van der Waals surface area contributed by atoms with Crippen LogP contribution >= 0.6 is 0 Å². The number of pyridine rings is 1. The molecule has 0 unspecified atom stereocenters. The summed E-state index contributed by atoms with van der Waals surface area (Å²) in [5.41, 5.74) is 2.90. The maximum Gasteiger partial charge on any atom is 0.123 e. The molecule has 0 amide bonds. The molecule has 1 aliphatic rings. The van der Waals surface area contributed by atoms with E-state index in [9.17, 15) is 9.50 Å². The number of hydrogen-bond acceptors (Lipinski definition) is 6. The predicted molar refractivity (Wildman–Crippen MR) is 122 cm³/mol. The Kier molecular flexibility index (Phi) is 7.19. The van der Waals surface area contributed by atoms with Crippen molar-refractivity contribution in [3.05, 3.63) is 65.6 Å². The highest BCUT2D eigenvalue weighted by Gasteiger charge is 2.27. The largest absolute Gasteiger partial charge is 0.497 e. The molecule has 4 rings (SSSR count). The molecule has 0 spiro atoms. The molecule has 1 saturated heterocycles. The van der Waals surface area contributed by atoms with Crippen molar-refractivity contribution in [1.29, 1.82) is 0 Å². The van der Waals surface area contributed by atoms with E-state index in [-0.39, 0.29) is 18.5 Å². The van der Waals surface area contributed by atoms with Crippen LogP contribution in [-0.2, 0) is 13.1 Å². The standard InChI is InChI=1S/C25H30FN3O3/c1-31-23-11-18(12-24(14-23)32-2)15-29-9-8-28(17-22(29)7-10-30)16-21-5-3-19-13-20(26)4-6-25(19)27-21/h3-6,11-14,22,30H,7-10,15-17H2,1-2H3/t22-/m1/s1. The molecule has 1 N–H and O–H groups in total. The van der Waals surface area contributed by atoms with Gasteiger partial charge >= 0.3 is 0 Å². The molecule has 0 saturated carbocycles. The third kappa shape index (κ3) is 5.35. The molecule has 1 aromatic heterocycles. The minimum Gasteiger partial charge on any atom is -0.497 e. The lowest BCUT2D eigenvalue weighted by molar-refractivity contribution is 0.0493. The topological polar surface area (TPSA) is 58.1 Å². The first-order valence-corrected chi connectivity index (χ1v) is 10.9. The summed E-state index contributed by atoms with van der Waals surface area (Å²) in [6.45, 7) is 4.30. The van der Waals surface area contributed by atoms with E-state index in [2.05, 4.69) is 9.80 Å². The molecule has 6 nitrogen and oxygen atoms in total. The number of fused-ring (bicyclic) bond motifs is 1. The Morgan fingerprint density at radius 2 is 1.78 bits per heavy atom. The highest BCUT2D eigenvalue weighted by molar-refractivity contribution is 5.78. The molecule has 2 aromatic carbocycles. The fraction of sp³-hybridized carbons (Fsp3) is 0.400. The number of methoxy groups -OCH3 is 2. The Morgan fingerprint density at radius 3 is 2.50 bits per heavy atom. The fourth-order valence-electron chi connectivity index (χ4n) is 4.38. The molecule has 32 heavy (non-hydrogen) atoms. The number of benzene rings is 2. The van der Waals surface area contributed by atoms with Crippen LogP contribution in [0.15, 0.2) is 48.5 Å². The summed E-state index contributed by atoms with van der Waals surface area (Å²) >= 11 is 0. The van der Waals surface area contributed by atoms with Crippen molar-refractivity contribution in [2.24, 2.45) is 0 Å². The Bertz CT molecular complexity index is 1040. The Hall–Kier alpha value is -2.74. The fourth-order valence-corrected chi connectivity index (χ4v) is 4.38. The van der Waals surface area contributed by atoms with Crippen molar-refractivity contribution in [3.8, 4) is 11.5 Å². The van der Waals surface area contributed by atoms with Gasteiger partial charge in [-0.15, -0.1) is 0 Å². The maximum atomic E-state index is 13.4. The van der Waals surface area contributed by atoms with Crippen molar-refractivity contribution in [2.75, 3.05) is 40.5 Å². The summed E-state index contributed by atoms with van der Waals surface area (Å²) in [5.74, 6) is 1.31. The zero-order valence-corrected chi connectivity index (χ0v) is 18.6. The van der Waals surface area contributed by atoms with Gasteiger partial charge in [-0.1, -0.05) is 6.07 Å². The van der Waals surface area contributed by atoms with Crippen molar-refractivity contribution in [1.82, 2.24) is 14.8 Å². The number of nitrogens with zero attached hydrogens (tertiary/aromatic N) is 3. The zero-order chi connectivity index (χ0) is 22.5. The van der Waals surface area contributed by atoms with Gasteiger partial charge in [0.05, 0.1) is 25.4 Å². The van der Waals surface area contributed by atoms with Crippen molar-refractivity contribution in [3.63, 3.8) is 0 Å². The van der Waals surface area contributed by atoms with E-state index in [1.54, 1.807) is 20.3 Å². The quantitative estimate of drug-likeness (QED) is 0.580. The molecule has 1 aliphatic heterocycles. The molecule has 3 aromatic rings. The van der Waals surface area contributed by atoms with Crippen LogP contribution in [-0.4, -0.2) is 66.4 Å². The van der Waals surface area contributed by atoms with Crippen LogP contribution in [0.1, 0.15) is 17.7 Å². The third-order valence-corrected chi connectivity index (χ3v) is 6.04. The van der Waals surface area contributed by atoms with Gasteiger partial charge in [-0.25, -0.2) is 4.39 Å². The molecule has 1 atom stereocenters. The van der Waals surface area contributed by atoms with E-state index in [0.29, 0.717) is 6.42 Å². The number of aliphatic hydroxyl groups is 1. The van der Waals surface area contributed by atoms with Gasteiger partial charge in [-0.2, -0.15) is 0 Å². The van der Waals surface area contributed by atoms with E-state index in [1.807, 2.05) is 30.3 Å². The second-order valence-corrected chi connectivity index (χ2v) is 8.23. The van der Waals surface area contributed by atoms with E-state index in [0.717, 1.165) is 66.4 Å². The maximum absolute atomic E-state index is 13.4. The van der Waals surface area contributed by atoms with Crippen molar-refractivity contribution < 1.29 is 19.0 Å². The SMILES string of the molecule is COc1cc(CN2CCN(Cc3ccc4cc(F)ccc4n3)C[C@H]2CCO)cc(OC)c1. The van der Waals surface area contributed by atoms with Crippen LogP contribution in [0, 0.1) is 5.82 Å². The number of rotatable bonds is 8. The van der Waals surface area contributed by atoms with Crippen LogP contribution in [0.5, 0.6) is 11.5 Å². The summed E-state index contributed by atoms with van der Waals surface area (Å²) in [4.78, 5) is 9.50. The number of aromatic nitrogens is 1. The minimum atomic E-state index is -0.247. The van der Waals surface area contributed by atoms with E-state index in [1.165, 1.54) is 12.1 Å². The van der Waals surface area contributed by atoms with Crippen molar-refractivity contribution in [2.45, 2.75) is 25.6 Å². The molecular formula is C25H30FN3O3. The van der Waals surface area contributed by atoms with Gasteiger partial charge in [0, 0.05) is 56.8 Å². The predicted octanol–water partition coefficient (Wildman–Crippen LogP) is 3.46. The van der Waals surface area contributed by atoms with Gasteiger partial charge in [-0.05, 0) is 48.4 Å². The molecule has 7 heteroatoms. The zero-order valence-electron chi connectivity index (χ0n) is 18.6. The number of piperazine rings is 1. The minimum absolute atomic E-state index is 0.149. The van der Waals surface area contributed by atoms with Gasteiger partial charge < -0.3 is 14.6 Å². The summed E-state index contributed by atoms with van der Waals surface area (Å²) in [7, 11) is 3.31. The molecule has 1 fully saturated rings. The monoisotopic (exact) mass is 439 g/mol. The number of halogens is 1. The Morgan fingerprint density at radius 1 is 1.00 bits per heavy atom. The molecule has 170 valence electrons. The van der Waals surface area contributed by atoms with Crippen LogP contribution in [0.25, 0.3) is 10.9 Å². The van der Waals surface area contributed by atoms with E-state index in [4.69, 9.17) is 14.5 Å². The van der Waals surface area contributed by atoms with Crippen LogP contribution in [0.3, 0.4) is 0 Å². The summed E-state index contributed by atoms with van der Waals surface area (Å²) < 4.78 is 24.2. The smallest absolute Gasteiger partial charge is 0.123 e. The first-order valence-electron chi connectivity index (χ1n) is 10.9. The summed E-state index contributed by atoms with van der Waals surface area (Å²) in [5, 5.41) is 10.5. The summed E-state index contributed by atoms with van der Waals surface area (Å²) in [6.07, 6.45) is 0.710. The van der Waals surface area contributed by atoms with Gasteiger partial charge in [0.2, 0.25) is 0 Å². The number of aliphatic hydroxyl groups excluding tert-OH is 1. The average Bonchev–Trinajstić information content (AvgIpc) is 2.80. The first-order chi connectivity index (χ1) is 15.6. The normalized spacial score (nSPS) is 17.6. The molecule has 0 radical (unpaired) electrons. The molecule has 0 aliphatic carbocycles. The van der Waals surface area contributed by atoms with Crippen LogP contribution in [0.4, 0.5) is 4.39 Å². The lowest BCUT2D eigenvalue weighted by Gasteiger charge is -2.41. The highest BCUT2D eigenvalue weighted by atomic mass is 19.1. The Labute approximate surface area is 188 Å². The van der Waals surface area contributed by atoms with Crippen LogP contribution < -0.4 is 9.47 Å². The van der Waals surface area contributed by atoms with Crippen LogP contribution in [0.2, 0.25) is 0 Å². The lowest BCUT2D eigenvalue weighted by Crippen LogP contribution is -2.52.